The lowest BCUT2D eigenvalue weighted by atomic mass is 10.0. The summed E-state index contributed by atoms with van der Waals surface area (Å²) in [5, 5.41) is 12.3. The first-order valence-corrected chi connectivity index (χ1v) is 7.11. The Morgan fingerprint density at radius 3 is 2.55 bits per heavy atom. The van der Waals surface area contributed by atoms with Crippen molar-refractivity contribution in [3.8, 4) is 5.75 Å². The van der Waals surface area contributed by atoms with Crippen LogP contribution in [-0.2, 0) is 4.74 Å². The first kappa shape index (κ1) is 18.0. The van der Waals surface area contributed by atoms with Gasteiger partial charge in [0.15, 0.2) is 0 Å². The van der Waals surface area contributed by atoms with Crippen molar-refractivity contribution in [1.29, 1.82) is 0 Å². The molecular weight excluding hydrogens is 284 g/mol. The van der Waals surface area contributed by atoms with Gasteiger partial charge in [-0.1, -0.05) is 26.0 Å². The Kier molecular flexibility index (Phi) is 7.42. The minimum Gasteiger partial charge on any atom is -0.491 e. The van der Waals surface area contributed by atoms with Crippen LogP contribution in [0.1, 0.15) is 19.4 Å². The number of aliphatic hydroxyl groups excluding tert-OH is 1. The minimum atomic E-state index is -0.705. The van der Waals surface area contributed by atoms with Crippen LogP contribution in [0.25, 0.3) is 6.08 Å². The zero-order chi connectivity index (χ0) is 16.5. The molecule has 1 rings (SSSR count). The molecule has 6 heteroatoms. The summed E-state index contributed by atoms with van der Waals surface area (Å²) in [7, 11) is 1.30. The van der Waals surface area contributed by atoms with E-state index in [0.717, 1.165) is 5.56 Å². The van der Waals surface area contributed by atoms with E-state index in [1.807, 2.05) is 26.0 Å². The van der Waals surface area contributed by atoms with Crippen molar-refractivity contribution in [2.45, 2.75) is 26.0 Å². The van der Waals surface area contributed by atoms with Gasteiger partial charge in [-0.3, -0.25) is 5.32 Å². The molecule has 0 aliphatic rings. The monoisotopic (exact) mass is 308 g/mol. The maximum atomic E-state index is 10.9. The van der Waals surface area contributed by atoms with E-state index in [0.29, 0.717) is 5.75 Å². The number of ether oxygens (including phenoxy) is 2. The van der Waals surface area contributed by atoms with Gasteiger partial charge in [0.05, 0.1) is 7.11 Å². The Bertz CT molecular complexity index is 485. The average molecular weight is 308 g/mol. The van der Waals surface area contributed by atoms with Crippen molar-refractivity contribution >= 4 is 12.2 Å². The number of benzene rings is 1. The summed E-state index contributed by atoms with van der Waals surface area (Å²) in [5.74, 6) is 0.835. The van der Waals surface area contributed by atoms with Crippen LogP contribution >= 0.6 is 0 Å². The van der Waals surface area contributed by atoms with E-state index < -0.39 is 12.2 Å². The second kappa shape index (κ2) is 9.07. The average Bonchev–Trinajstić information content (AvgIpc) is 2.52. The third kappa shape index (κ3) is 6.15. The van der Waals surface area contributed by atoms with E-state index in [1.165, 1.54) is 13.3 Å². The summed E-state index contributed by atoms with van der Waals surface area (Å²) in [5.41, 5.74) is 6.75. The zero-order valence-electron chi connectivity index (χ0n) is 13.2. The third-order valence-corrected chi connectivity index (χ3v) is 3.18. The fourth-order valence-corrected chi connectivity index (χ4v) is 1.68. The highest BCUT2D eigenvalue weighted by Crippen LogP contribution is 2.14. The van der Waals surface area contributed by atoms with Crippen molar-refractivity contribution in [2.75, 3.05) is 13.7 Å². The van der Waals surface area contributed by atoms with E-state index in [2.05, 4.69) is 10.1 Å². The number of nitrogens with two attached hydrogens (primary N) is 1. The summed E-state index contributed by atoms with van der Waals surface area (Å²) in [6, 6.07) is 6.92. The highest BCUT2D eigenvalue weighted by Gasteiger charge is 2.18. The van der Waals surface area contributed by atoms with Gasteiger partial charge in [-0.2, -0.15) is 0 Å². The van der Waals surface area contributed by atoms with Crippen LogP contribution in [0.3, 0.4) is 0 Å². The van der Waals surface area contributed by atoms with Gasteiger partial charge in [-0.15, -0.1) is 0 Å². The van der Waals surface area contributed by atoms with Crippen molar-refractivity contribution < 1.29 is 19.4 Å². The van der Waals surface area contributed by atoms with Crippen LogP contribution in [0.15, 0.2) is 30.5 Å². The quantitative estimate of drug-likeness (QED) is 0.713. The SMILES string of the molecule is COC(=O)NC=Cc1ccc(OCC(O)C(N)C(C)C)cc1. The number of rotatable bonds is 7. The zero-order valence-corrected chi connectivity index (χ0v) is 13.2. The first-order valence-electron chi connectivity index (χ1n) is 7.11. The molecule has 22 heavy (non-hydrogen) atoms. The second-order valence-electron chi connectivity index (χ2n) is 5.24. The number of carbonyl (C=O) groups excluding carboxylic acids is 1. The van der Waals surface area contributed by atoms with Gasteiger partial charge in [-0.25, -0.2) is 4.79 Å². The first-order chi connectivity index (χ1) is 10.4. The van der Waals surface area contributed by atoms with E-state index in [1.54, 1.807) is 18.2 Å². The van der Waals surface area contributed by atoms with Gasteiger partial charge in [0.1, 0.15) is 18.5 Å². The summed E-state index contributed by atoms with van der Waals surface area (Å²) >= 11 is 0. The maximum absolute atomic E-state index is 10.9. The number of hydrogen-bond donors (Lipinski definition) is 3. The molecule has 6 nitrogen and oxygen atoms in total. The molecule has 1 aromatic carbocycles. The number of amides is 1. The molecule has 122 valence electrons. The third-order valence-electron chi connectivity index (χ3n) is 3.18. The number of hydrogen-bond acceptors (Lipinski definition) is 5. The Morgan fingerprint density at radius 2 is 2.00 bits per heavy atom. The molecule has 0 saturated carbocycles. The molecule has 2 atom stereocenters. The Balaban J connectivity index is 2.46. The molecule has 0 fully saturated rings. The van der Waals surface area contributed by atoms with E-state index in [4.69, 9.17) is 10.5 Å². The molecule has 2 unspecified atom stereocenters. The Labute approximate surface area is 130 Å². The summed E-state index contributed by atoms with van der Waals surface area (Å²) < 4.78 is 9.95. The fourth-order valence-electron chi connectivity index (χ4n) is 1.68. The summed E-state index contributed by atoms with van der Waals surface area (Å²) in [6.45, 7) is 4.06. The molecule has 0 bridgehead atoms. The van der Waals surface area contributed by atoms with Gasteiger partial charge in [-0.05, 0) is 29.7 Å². The van der Waals surface area contributed by atoms with Crippen LogP contribution in [0, 0.1) is 5.92 Å². The van der Waals surface area contributed by atoms with E-state index in [-0.39, 0.29) is 18.6 Å². The number of alkyl carbamates (subject to hydrolysis) is 1. The lowest BCUT2D eigenvalue weighted by Gasteiger charge is -2.22. The number of methoxy groups -OCH3 is 1. The van der Waals surface area contributed by atoms with Crippen molar-refractivity contribution in [3.63, 3.8) is 0 Å². The Morgan fingerprint density at radius 1 is 1.36 bits per heavy atom. The molecule has 0 aliphatic carbocycles. The molecule has 0 saturated heterocycles. The molecule has 0 aromatic heterocycles. The predicted octanol–water partition coefficient (Wildman–Crippen LogP) is 1.74. The molecule has 1 amide bonds. The van der Waals surface area contributed by atoms with E-state index in [9.17, 15) is 9.90 Å². The lowest BCUT2D eigenvalue weighted by Crippen LogP contribution is -2.42. The van der Waals surface area contributed by atoms with Crippen molar-refractivity contribution in [3.05, 3.63) is 36.0 Å². The molecule has 1 aromatic rings. The molecule has 4 N–H and O–H groups in total. The molecular formula is C16H24N2O4. The summed E-state index contributed by atoms with van der Waals surface area (Å²) in [4.78, 5) is 10.9. The Hall–Kier alpha value is -2.05. The molecule has 0 aliphatic heterocycles. The normalized spacial score (nSPS) is 13.9. The lowest BCUT2D eigenvalue weighted by molar-refractivity contribution is 0.0715. The highest BCUT2D eigenvalue weighted by molar-refractivity contribution is 5.69. The van der Waals surface area contributed by atoms with Crippen LogP contribution < -0.4 is 15.8 Å². The van der Waals surface area contributed by atoms with Gasteiger partial charge < -0.3 is 20.3 Å². The van der Waals surface area contributed by atoms with Gasteiger partial charge >= 0.3 is 6.09 Å². The van der Waals surface area contributed by atoms with Crippen LogP contribution in [0.2, 0.25) is 0 Å². The molecule has 0 radical (unpaired) electrons. The number of aliphatic hydroxyl groups is 1. The van der Waals surface area contributed by atoms with Crippen molar-refractivity contribution in [2.24, 2.45) is 11.7 Å². The fraction of sp³-hybridized carbons (Fsp3) is 0.438. The van der Waals surface area contributed by atoms with Gasteiger partial charge in [0, 0.05) is 12.2 Å². The highest BCUT2D eigenvalue weighted by atomic mass is 16.5. The number of nitrogens with one attached hydrogen (secondary N) is 1. The molecule has 0 spiro atoms. The standard InChI is InChI=1S/C16H24N2O4/c1-11(2)15(17)14(19)10-22-13-6-4-12(5-7-13)8-9-18-16(20)21-3/h4-9,11,14-15,19H,10,17H2,1-3H3,(H,18,20). The van der Waals surface area contributed by atoms with Crippen LogP contribution in [0.5, 0.6) is 5.75 Å². The predicted molar refractivity (Wildman–Crippen MR) is 85.3 cm³/mol. The largest absolute Gasteiger partial charge is 0.491 e. The van der Waals surface area contributed by atoms with Crippen LogP contribution in [-0.4, -0.2) is 37.1 Å². The summed E-state index contributed by atoms with van der Waals surface area (Å²) in [6.07, 6.45) is 1.99. The van der Waals surface area contributed by atoms with Crippen LogP contribution in [0.4, 0.5) is 4.79 Å². The topological polar surface area (TPSA) is 93.8 Å². The molecule has 0 heterocycles. The smallest absolute Gasteiger partial charge is 0.410 e. The van der Waals surface area contributed by atoms with Gasteiger partial charge in [0.2, 0.25) is 0 Å². The van der Waals surface area contributed by atoms with Gasteiger partial charge in [0.25, 0.3) is 0 Å². The maximum Gasteiger partial charge on any atom is 0.410 e. The second-order valence-corrected chi connectivity index (χ2v) is 5.24. The van der Waals surface area contributed by atoms with E-state index >= 15 is 0 Å². The number of carbonyl (C=O) groups is 1. The minimum absolute atomic E-state index is 0.151. The van der Waals surface area contributed by atoms with Crippen molar-refractivity contribution in [1.82, 2.24) is 5.32 Å².